The van der Waals surface area contributed by atoms with Crippen LogP contribution in [0.1, 0.15) is 10.5 Å². The largest absolute Gasteiger partial charge is 0.476 e. The fourth-order valence-electron chi connectivity index (χ4n) is 0.978. The van der Waals surface area contributed by atoms with Gasteiger partial charge in [-0.25, -0.2) is 14.3 Å². The molecule has 0 radical (unpaired) electrons. The molecule has 5 nitrogen and oxygen atoms in total. The second kappa shape index (κ2) is 2.70. The minimum Gasteiger partial charge on any atom is -0.476 e. The Bertz CT molecular complexity index is 480. The van der Waals surface area contributed by atoms with E-state index >= 15 is 0 Å². The van der Waals surface area contributed by atoms with E-state index in [9.17, 15) is 4.79 Å². The zero-order valence-electron chi connectivity index (χ0n) is 6.31. The first-order chi connectivity index (χ1) is 6.18. The van der Waals surface area contributed by atoms with E-state index in [-0.39, 0.29) is 10.7 Å². The molecule has 13 heavy (non-hydrogen) atoms. The Morgan fingerprint density at radius 1 is 1.62 bits per heavy atom. The molecule has 0 aliphatic rings. The molecular weight excluding hydrogens is 194 g/mol. The van der Waals surface area contributed by atoms with Crippen molar-refractivity contribution in [2.45, 2.75) is 0 Å². The zero-order chi connectivity index (χ0) is 9.42. The first kappa shape index (κ1) is 8.00. The molecule has 2 aromatic rings. The monoisotopic (exact) mass is 197 g/mol. The zero-order valence-corrected chi connectivity index (χ0v) is 7.06. The lowest BCUT2D eigenvalue weighted by Gasteiger charge is -1.97. The van der Waals surface area contributed by atoms with Crippen molar-refractivity contribution in [3.8, 4) is 0 Å². The standard InChI is InChI=1S/C7H4ClN3O2/c8-4-3-5-9-1-2-11(5)10-6(4)7(12)13/h1-3H,(H,12,13). The number of hydrogen-bond acceptors (Lipinski definition) is 3. The fourth-order valence-corrected chi connectivity index (χ4v) is 1.19. The van der Waals surface area contributed by atoms with E-state index in [0.717, 1.165) is 0 Å². The lowest BCUT2D eigenvalue weighted by molar-refractivity contribution is 0.0689. The normalized spacial score (nSPS) is 10.5. The summed E-state index contributed by atoms with van der Waals surface area (Å²) in [7, 11) is 0. The average molecular weight is 198 g/mol. The van der Waals surface area contributed by atoms with E-state index < -0.39 is 5.97 Å². The Labute approximate surface area is 77.6 Å². The molecule has 0 spiro atoms. The molecular formula is C7H4ClN3O2. The van der Waals surface area contributed by atoms with Gasteiger partial charge in [0, 0.05) is 18.5 Å². The number of imidazole rings is 1. The van der Waals surface area contributed by atoms with Crippen molar-refractivity contribution in [2.24, 2.45) is 0 Å². The van der Waals surface area contributed by atoms with Crippen LogP contribution in [-0.2, 0) is 0 Å². The summed E-state index contributed by atoms with van der Waals surface area (Å²) >= 11 is 5.66. The van der Waals surface area contributed by atoms with Crippen LogP contribution in [0.4, 0.5) is 0 Å². The molecule has 0 aromatic carbocycles. The summed E-state index contributed by atoms with van der Waals surface area (Å²) in [5.74, 6) is -1.15. The van der Waals surface area contributed by atoms with E-state index in [2.05, 4.69) is 10.1 Å². The third-order valence-electron chi connectivity index (χ3n) is 1.54. The highest BCUT2D eigenvalue weighted by atomic mass is 35.5. The van der Waals surface area contributed by atoms with Crippen molar-refractivity contribution in [1.29, 1.82) is 0 Å². The highest BCUT2D eigenvalue weighted by Gasteiger charge is 2.12. The third kappa shape index (κ3) is 1.23. The summed E-state index contributed by atoms with van der Waals surface area (Å²) in [6, 6.07) is 1.46. The van der Waals surface area contributed by atoms with Crippen LogP contribution in [0, 0.1) is 0 Å². The minimum absolute atomic E-state index is 0.0891. The number of nitrogens with zero attached hydrogens (tertiary/aromatic N) is 3. The van der Waals surface area contributed by atoms with Gasteiger partial charge >= 0.3 is 5.97 Å². The van der Waals surface area contributed by atoms with Crippen molar-refractivity contribution in [1.82, 2.24) is 14.6 Å². The highest BCUT2D eigenvalue weighted by molar-refractivity contribution is 6.33. The number of carboxylic acids is 1. The van der Waals surface area contributed by atoms with Gasteiger partial charge in [-0.2, -0.15) is 5.10 Å². The van der Waals surface area contributed by atoms with Crippen LogP contribution in [0.25, 0.3) is 5.65 Å². The Kier molecular flexibility index (Phi) is 1.66. The van der Waals surface area contributed by atoms with E-state index in [4.69, 9.17) is 16.7 Å². The molecule has 0 aliphatic carbocycles. The molecule has 6 heteroatoms. The number of aromatic nitrogens is 3. The number of halogens is 1. The van der Waals surface area contributed by atoms with Crippen molar-refractivity contribution < 1.29 is 9.90 Å². The molecule has 0 atom stereocenters. The molecule has 2 heterocycles. The molecule has 1 N–H and O–H groups in total. The predicted molar refractivity (Wildman–Crippen MR) is 45.0 cm³/mol. The van der Waals surface area contributed by atoms with Gasteiger partial charge in [0.1, 0.15) is 0 Å². The van der Waals surface area contributed by atoms with Crippen molar-refractivity contribution in [3.63, 3.8) is 0 Å². The maximum absolute atomic E-state index is 10.6. The first-order valence-corrected chi connectivity index (χ1v) is 3.79. The van der Waals surface area contributed by atoms with Gasteiger partial charge in [-0.1, -0.05) is 11.6 Å². The SMILES string of the molecule is O=C(O)c1nn2ccnc2cc1Cl. The predicted octanol–water partition coefficient (Wildman–Crippen LogP) is 1.08. The maximum atomic E-state index is 10.6. The lowest BCUT2D eigenvalue weighted by Crippen LogP contribution is -2.05. The molecule has 66 valence electrons. The molecule has 2 aromatic heterocycles. The van der Waals surface area contributed by atoms with E-state index in [1.165, 1.54) is 16.8 Å². The summed E-state index contributed by atoms with van der Waals surface area (Å²) in [4.78, 5) is 14.5. The molecule has 0 bridgehead atoms. The van der Waals surface area contributed by atoms with Crippen LogP contribution in [0.2, 0.25) is 5.02 Å². The van der Waals surface area contributed by atoms with Crippen LogP contribution in [0.15, 0.2) is 18.5 Å². The van der Waals surface area contributed by atoms with Gasteiger partial charge in [-0.3, -0.25) is 0 Å². The lowest BCUT2D eigenvalue weighted by atomic mass is 10.4. The van der Waals surface area contributed by atoms with E-state index in [1.54, 1.807) is 6.20 Å². The second-order valence-corrected chi connectivity index (χ2v) is 2.78. The number of aromatic carboxylic acids is 1. The van der Waals surface area contributed by atoms with Crippen molar-refractivity contribution >= 4 is 23.2 Å². The molecule has 0 amide bonds. The minimum atomic E-state index is -1.15. The van der Waals surface area contributed by atoms with Crippen LogP contribution >= 0.6 is 11.6 Å². The van der Waals surface area contributed by atoms with Crippen molar-refractivity contribution in [2.75, 3.05) is 0 Å². The van der Waals surface area contributed by atoms with Crippen LogP contribution < -0.4 is 0 Å². The van der Waals surface area contributed by atoms with Gasteiger partial charge in [0.15, 0.2) is 11.3 Å². The average Bonchev–Trinajstić information content (AvgIpc) is 2.48. The Morgan fingerprint density at radius 2 is 2.38 bits per heavy atom. The summed E-state index contributed by atoms with van der Waals surface area (Å²) in [5.41, 5.74) is 0.349. The molecule has 0 saturated heterocycles. The first-order valence-electron chi connectivity index (χ1n) is 3.41. The van der Waals surface area contributed by atoms with Gasteiger partial charge < -0.3 is 5.11 Å². The van der Waals surface area contributed by atoms with Crippen LogP contribution in [0.5, 0.6) is 0 Å². The smallest absolute Gasteiger partial charge is 0.357 e. The van der Waals surface area contributed by atoms with Gasteiger partial charge in [0.05, 0.1) is 5.02 Å². The van der Waals surface area contributed by atoms with Gasteiger partial charge in [-0.15, -0.1) is 0 Å². The Hall–Kier alpha value is -1.62. The third-order valence-corrected chi connectivity index (χ3v) is 1.83. The van der Waals surface area contributed by atoms with Gasteiger partial charge in [0.25, 0.3) is 0 Å². The Balaban J connectivity index is 2.76. The van der Waals surface area contributed by atoms with Crippen LogP contribution in [0.3, 0.4) is 0 Å². The number of hydrogen-bond donors (Lipinski definition) is 1. The topological polar surface area (TPSA) is 67.5 Å². The summed E-state index contributed by atoms with van der Waals surface area (Å²) in [6.45, 7) is 0. The summed E-state index contributed by atoms with van der Waals surface area (Å²) in [6.07, 6.45) is 3.07. The molecule has 0 unspecified atom stereocenters. The number of fused-ring (bicyclic) bond motifs is 1. The molecule has 0 saturated carbocycles. The Morgan fingerprint density at radius 3 is 3.08 bits per heavy atom. The number of rotatable bonds is 1. The van der Waals surface area contributed by atoms with Crippen molar-refractivity contribution in [3.05, 3.63) is 29.2 Å². The molecule has 0 fully saturated rings. The van der Waals surface area contributed by atoms with Crippen LogP contribution in [-0.4, -0.2) is 25.7 Å². The maximum Gasteiger partial charge on any atom is 0.357 e. The van der Waals surface area contributed by atoms with Gasteiger partial charge in [-0.05, 0) is 0 Å². The second-order valence-electron chi connectivity index (χ2n) is 2.38. The molecule has 2 rings (SSSR count). The fraction of sp³-hybridized carbons (Fsp3) is 0. The highest BCUT2D eigenvalue weighted by Crippen LogP contribution is 2.14. The number of carbonyl (C=O) groups is 1. The summed E-state index contributed by atoms with van der Waals surface area (Å²) < 4.78 is 1.36. The van der Waals surface area contributed by atoms with E-state index in [0.29, 0.717) is 5.65 Å². The van der Waals surface area contributed by atoms with E-state index in [1.807, 2.05) is 0 Å². The quantitative estimate of drug-likeness (QED) is 0.743. The number of carboxylic acid groups (broad SMARTS) is 1. The summed E-state index contributed by atoms with van der Waals surface area (Å²) in [5, 5.41) is 12.5. The van der Waals surface area contributed by atoms with Gasteiger partial charge in [0.2, 0.25) is 0 Å². The molecule has 0 aliphatic heterocycles.